The smallest absolute Gasteiger partial charge is 0.228 e. The molecule has 236 valence electrons. The summed E-state index contributed by atoms with van der Waals surface area (Å²) < 4.78 is 1.90. The van der Waals surface area contributed by atoms with Gasteiger partial charge in [0.15, 0.2) is 11.7 Å². The van der Waals surface area contributed by atoms with Crippen molar-refractivity contribution in [2.24, 2.45) is 9.98 Å². The van der Waals surface area contributed by atoms with E-state index in [1.165, 1.54) is 0 Å². The van der Waals surface area contributed by atoms with Crippen molar-refractivity contribution in [1.82, 2.24) is 10.6 Å². The first-order valence-electron chi connectivity index (χ1n) is 13.2. The summed E-state index contributed by atoms with van der Waals surface area (Å²) in [5, 5.41) is 32.2. The van der Waals surface area contributed by atoms with E-state index in [0.29, 0.717) is 33.1 Å². The second kappa shape index (κ2) is 17.1. The Morgan fingerprint density at radius 1 is 0.600 bits per heavy atom. The van der Waals surface area contributed by atoms with Crippen LogP contribution in [-0.4, -0.2) is 59.8 Å². The standard InChI is InChI=1S/2C16H14ClN3O.2ClH.S/c2*1-18-15-10-20(21)16(11-5-3-2-4-6-11)13-9-12(17)7-8-14(13)19-15;;;/h2*2-9H,10H2,1H3,(H,18,19);2*1H;/q;;;;-2. The third kappa shape index (κ3) is 8.71. The Bertz CT molecular complexity index is 1620. The molecule has 8 nitrogen and oxygen atoms in total. The topological polar surface area (TPSA) is 101 Å². The molecule has 2 heterocycles. The van der Waals surface area contributed by atoms with Crippen molar-refractivity contribution in [3.05, 3.63) is 140 Å². The minimum Gasteiger partial charge on any atom is -2.00 e. The van der Waals surface area contributed by atoms with Crippen molar-refractivity contribution in [3.63, 3.8) is 0 Å². The third-order valence-corrected chi connectivity index (χ3v) is 7.17. The molecule has 0 radical (unpaired) electrons. The summed E-state index contributed by atoms with van der Waals surface area (Å²) in [7, 11) is 3.52. The van der Waals surface area contributed by atoms with Crippen LogP contribution in [0.4, 0.5) is 11.4 Å². The van der Waals surface area contributed by atoms with Crippen LogP contribution < -0.4 is 10.6 Å². The fraction of sp³-hybridized carbons (Fsp3) is 0.125. The summed E-state index contributed by atoms with van der Waals surface area (Å²) in [4.78, 5) is 9.02. The minimum absolute atomic E-state index is 0. The van der Waals surface area contributed by atoms with E-state index in [9.17, 15) is 10.4 Å². The molecule has 2 aliphatic rings. The number of fused-ring (bicyclic) bond motifs is 2. The zero-order chi connectivity index (χ0) is 29.6. The normalized spacial score (nSPS) is 13.3. The maximum Gasteiger partial charge on any atom is 0.228 e. The molecule has 0 aromatic heterocycles. The van der Waals surface area contributed by atoms with Crippen molar-refractivity contribution in [3.8, 4) is 0 Å². The number of halogens is 4. The van der Waals surface area contributed by atoms with Crippen LogP contribution in [0, 0.1) is 10.4 Å². The lowest BCUT2D eigenvalue weighted by molar-refractivity contribution is -0.439. The van der Waals surface area contributed by atoms with Crippen LogP contribution in [0.5, 0.6) is 0 Å². The lowest BCUT2D eigenvalue weighted by Gasteiger charge is -2.10. The molecule has 4 aromatic carbocycles. The van der Waals surface area contributed by atoms with Gasteiger partial charge in [-0.05, 0) is 60.7 Å². The van der Waals surface area contributed by atoms with Gasteiger partial charge < -0.3 is 34.5 Å². The average molecular weight is 705 g/mol. The Hall–Kier alpha value is -3.73. The summed E-state index contributed by atoms with van der Waals surface area (Å²) >= 11 is 12.2. The van der Waals surface area contributed by atoms with E-state index in [1.807, 2.05) is 72.8 Å². The zero-order valence-electron chi connectivity index (χ0n) is 24.2. The molecule has 45 heavy (non-hydrogen) atoms. The van der Waals surface area contributed by atoms with Gasteiger partial charge in [0.05, 0.1) is 22.5 Å². The molecule has 2 N–H and O–H groups in total. The number of aliphatic imine (C=N–C) groups is 2. The van der Waals surface area contributed by atoms with Crippen molar-refractivity contribution >= 4 is 96.0 Å². The molecule has 6 rings (SSSR count). The molecule has 0 atom stereocenters. The number of nitrogens with zero attached hydrogens (tertiary/aromatic N) is 4. The van der Waals surface area contributed by atoms with Crippen LogP contribution in [0.2, 0.25) is 10.0 Å². The Balaban J connectivity index is 0.000000294. The van der Waals surface area contributed by atoms with Gasteiger partial charge in [0.25, 0.3) is 0 Å². The highest BCUT2D eigenvalue weighted by molar-refractivity contribution is 7.37. The monoisotopic (exact) mass is 702 g/mol. The van der Waals surface area contributed by atoms with Crippen LogP contribution in [0.15, 0.2) is 107 Å². The van der Waals surface area contributed by atoms with Gasteiger partial charge in [-0.1, -0.05) is 59.6 Å². The van der Waals surface area contributed by atoms with Gasteiger partial charge in [-0.25, -0.2) is 9.98 Å². The Kier molecular flexibility index (Phi) is 14.2. The van der Waals surface area contributed by atoms with Gasteiger partial charge in [0.2, 0.25) is 24.5 Å². The largest absolute Gasteiger partial charge is 2.00 e. The Morgan fingerprint density at radius 2 is 0.956 bits per heavy atom. The molecule has 0 saturated carbocycles. The number of hydrogen-bond acceptors (Lipinski definition) is 6. The van der Waals surface area contributed by atoms with E-state index < -0.39 is 0 Å². The zero-order valence-corrected chi connectivity index (χ0v) is 28.2. The fourth-order valence-electron chi connectivity index (χ4n) is 4.71. The summed E-state index contributed by atoms with van der Waals surface area (Å²) in [6.07, 6.45) is 0. The lowest BCUT2D eigenvalue weighted by atomic mass is 10.0. The minimum atomic E-state index is 0. The summed E-state index contributed by atoms with van der Waals surface area (Å²) in [6, 6.07) is 29.9. The van der Waals surface area contributed by atoms with E-state index in [0.717, 1.165) is 43.1 Å². The van der Waals surface area contributed by atoms with E-state index in [4.69, 9.17) is 23.2 Å². The second-order valence-electron chi connectivity index (χ2n) is 9.44. The van der Waals surface area contributed by atoms with Crippen molar-refractivity contribution < 1.29 is 9.48 Å². The number of likely N-dealkylation sites (N-methyl/N-ethyl adjacent to an activating group) is 2. The molecule has 0 unspecified atom stereocenters. The van der Waals surface area contributed by atoms with Gasteiger partial charge in [0.1, 0.15) is 0 Å². The van der Waals surface area contributed by atoms with Crippen LogP contribution in [0.3, 0.4) is 0 Å². The van der Waals surface area contributed by atoms with Gasteiger partial charge in [-0.15, -0.1) is 24.8 Å². The number of rotatable bonds is 2. The van der Waals surface area contributed by atoms with Crippen LogP contribution >= 0.6 is 48.0 Å². The first-order chi connectivity index (χ1) is 20.4. The maximum absolute atomic E-state index is 12.6. The van der Waals surface area contributed by atoms with Gasteiger partial charge in [0, 0.05) is 35.3 Å². The first kappa shape index (κ1) is 37.5. The molecule has 0 spiro atoms. The third-order valence-electron chi connectivity index (χ3n) is 6.70. The lowest BCUT2D eigenvalue weighted by Crippen LogP contribution is -2.29. The summed E-state index contributed by atoms with van der Waals surface area (Å²) in [6.45, 7) is 0.347. The van der Waals surface area contributed by atoms with Gasteiger partial charge in [-0.3, -0.25) is 0 Å². The predicted octanol–water partition coefficient (Wildman–Crippen LogP) is 6.74. The number of hydrogen-bond donors (Lipinski definition) is 2. The molecule has 0 amide bonds. The first-order valence-corrected chi connectivity index (χ1v) is 14.0. The Morgan fingerprint density at radius 3 is 1.29 bits per heavy atom. The summed E-state index contributed by atoms with van der Waals surface area (Å²) in [5.41, 5.74) is 5.83. The van der Waals surface area contributed by atoms with Crippen molar-refractivity contribution in [1.29, 1.82) is 0 Å². The number of hydroxylamine groups is 2. The van der Waals surface area contributed by atoms with Crippen LogP contribution in [0.25, 0.3) is 0 Å². The molecule has 4 aromatic rings. The highest BCUT2D eigenvalue weighted by Crippen LogP contribution is 2.29. The molecule has 0 aliphatic carbocycles. The second-order valence-corrected chi connectivity index (χ2v) is 10.3. The number of nitrogens with one attached hydrogen (secondary N) is 2. The van der Waals surface area contributed by atoms with Crippen LogP contribution in [-0.2, 0) is 13.5 Å². The highest BCUT2D eigenvalue weighted by Gasteiger charge is 2.25. The van der Waals surface area contributed by atoms with E-state index in [-0.39, 0.29) is 51.4 Å². The van der Waals surface area contributed by atoms with Crippen molar-refractivity contribution in [2.45, 2.75) is 0 Å². The predicted molar refractivity (Wildman–Crippen MR) is 193 cm³/mol. The quantitative estimate of drug-likeness (QED) is 0.178. The van der Waals surface area contributed by atoms with Crippen LogP contribution in [0.1, 0.15) is 22.3 Å². The SMILES string of the molecule is CNC1=Nc2ccc(Cl)cc2C(c2ccccc2)=[N+]([O-])C1.CNC1=Nc2ccc(Cl)cc2C(c2ccccc2)=[N+]([O-])C1.Cl.Cl.[S-2]. The molecule has 0 saturated heterocycles. The average Bonchev–Trinajstić information content (AvgIpc) is 3.23. The van der Waals surface area contributed by atoms with E-state index in [2.05, 4.69) is 20.6 Å². The molecule has 0 bridgehead atoms. The molecular formula is C32H30Cl4N6O2S-2. The summed E-state index contributed by atoms with van der Waals surface area (Å²) in [5.74, 6) is 1.25. The number of benzene rings is 4. The molecule has 0 fully saturated rings. The molecular weight excluding hydrogens is 674 g/mol. The van der Waals surface area contributed by atoms with Gasteiger partial charge >= 0.3 is 0 Å². The van der Waals surface area contributed by atoms with Gasteiger partial charge in [-0.2, -0.15) is 9.48 Å². The number of amidine groups is 2. The molecule has 13 heteroatoms. The maximum atomic E-state index is 12.6. The van der Waals surface area contributed by atoms with E-state index >= 15 is 0 Å². The Labute approximate surface area is 291 Å². The van der Waals surface area contributed by atoms with Crippen molar-refractivity contribution in [2.75, 3.05) is 27.2 Å². The fourth-order valence-corrected chi connectivity index (χ4v) is 5.06. The highest BCUT2D eigenvalue weighted by atomic mass is 35.5. The van der Waals surface area contributed by atoms with E-state index in [1.54, 1.807) is 38.4 Å². The molecule has 2 aliphatic heterocycles.